The van der Waals surface area contributed by atoms with E-state index in [0.29, 0.717) is 5.56 Å². The van der Waals surface area contributed by atoms with Gasteiger partial charge >= 0.3 is 11.9 Å². The fraction of sp³-hybridized carbons (Fsp3) is 0.500. The summed E-state index contributed by atoms with van der Waals surface area (Å²) < 4.78 is 10.3. The zero-order valence-electron chi connectivity index (χ0n) is 15.5. The van der Waals surface area contributed by atoms with Crippen LogP contribution in [-0.2, 0) is 20.7 Å². The smallest absolute Gasteiger partial charge is 0.348 e. The number of aromatic nitrogens is 4. The van der Waals surface area contributed by atoms with Crippen molar-refractivity contribution in [1.29, 1.82) is 0 Å². The Morgan fingerprint density at radius 2 is 1.96 bits per heavy atom. The fourth-order valence-electron chi connectivity index (χ4n) is 2.13. The number of tetrazole rings is 1. The van der Waals surface area contributed by atoms with Crippen LogP contribution in [0.4, 0.5) is 5.00 Å². The summed E-state index contributed by atoms with van der Waals surface area (Å²) in [6, 6.07) is 0. The molecule has 0 radical (unpaired) electrons. The SMILES string of the molecule is CCOC(=O)c1c(NC(=O)Cc2nn[nH]n2)sc(C(=O)OCC(C)C)c1C. The molecule has 2 N–H and O–H groups in total. The third kappa shape index (κ3) is 5.33. The molecule has 0 aliphatic rings. The second-order valence-corrected chi connectivity index (χ2v) is 7.05. The van der Waals surface area contributed by atoms with Gasteiger partial charge in [0, 0.05) is 0 Å². The number of thiophene rings is 1. The van der Waals surface area contributed by atoms with Crippen LogP contribution in [0.1, 0.15) is 52.2 Å². The van der Waals surface area contributed by atoms with Gasteiger partial charge < -0.3 is 14.8 Å². The quantitative estimate of drug-likeness (QED) is 0.645. The second-order valence-electron chi connectivity index (χ2n) is 6.03. The van der Waals surface area contributed by atoms with Crippen LogP contribution in [0.25, 0.3) is 0 Å². The van der Waals surface area contributed by atoms with Crippen LogP contribution in [0.3, 0.4) is 0 Å². The van der Waals surface area contributed by atoms with E-state index in [1.807, 2.05) is 13.8 Å². The summed E-state index contributed by atoms with van der Waals surface area (Å²) in [6.45, 7) is 7.54. The number of amides is 1. The van der Waals surface area contributed by atoms with Gasteiger partial charge in [-0.15, -0.1) is 21.5 Å². The number of H-pyrrole nitrogens is 1. The van der Waals surface area contributed by atoms with E-state index in [1.54, 1.807) is 13.8 Å². The minimum absolute atomic E-state index is 0.136. The number of nitrogens with zero attached hydrogens (tertiary/aromatic N) is 3. The molecule has 0 aliphatic carbocycles. The minimum Gasteiger partial charge on any atom is -0.462 e. The van der Waals surface area contributed by atoms with Crippen molar-refractivity contribution in [1.82, 2.24) is 20.6 Å². The molecule has 146 valence electrons. The van der Waals surface area contributed by atoms with Gasteiger partial charge in [0.2, 0.25) is 5.91 Å². The highest BCUT2D eigenvalue weighted by molar-refractivity contribution is 7.18. The Labute approximate surface area is 159 Å². The van der Waals surface area contributed by atoms with Crippen LogP contribution < -0.4 is 5.32 Å². The van der Waals surface area contributed by atoms with Crippen molar-refractivity contribution in [3.63, 3.8) is 0 Å². The third-order valence-electron chi connectivity index (χ3n) is 3.32. The molecule has 0 aliphatic heterocycles. The van der Waals surface area contributed by atoms with Crippen molar-refractivity contribution in [2.24, 2.45) is 5.92 Å². The van der Waals surface area contributed by atoms with E-state index < -0.39 is 17.8 Å². The lowest BCUT2D eigenvalue weighted by atomic mass is 10.1. The maximum absolute atomic E-state index is 12.3. The van der Waals surface area contributed by atoms with Gasteiger partial charge in [-0.3, -0.25) is 4.79 Å². The molecule has 0 aromatic carbocycles. The number of hydrogen-bond acceptors (Lipinski definition) is 9. The summed E-state index contributed by atoms with van der Waals surface area (Å²) in [5.74, 6) is -1.24. The van der Waals surface area contributed by atoms with E-state index in [4.69, 9.17) is 9.47 Å². The number of hydrogen-bond donors (Lipinski definition) is 2. The molecular weight excluding hydrogens is 374 g/mol. The number of nitrogens with one attached hydrogen (secondary N) is 2. The average Bonchev–Trinajstić information content (AvgIpc) is 3.20. The van der Waals surface area contributed by atoms with Crippen LogP contribution in [-0.4, -0.2) is 51.7 Å². The number of esters is 2. The Morgan fingerprint density at radius 3 is 2.56 bits per heavy atom. The Hall–Kier alpha value is -2.82. The van der Waals surface area contributed by atoms with Crippen molar-refractivity contribution in [2.45, 2.75) is 34.1 Å². The summed E-state index contributed by atoms with van der Waals surface area (Å²) in [4.78, 5) is 37.1. The van der Waals surface area contributed by atoms with Crippen molar-refractivity contribution in [3.8, 4) is 0 Å². The first-order valence-corrected chi connectivity index (χ1v) is 9.14. The van der Waals surface area contributed by atoms with Gasteiger partial charge in [-0.1, -0.05) is 19.1 Å². The average molecular weight is 395 g/mol. The number of rotatable bonds is 8. The monoisotopic (exact) mass is 395 g/mol. The standard InChI is InChI=1S/C16H21N5O5S/c1-5-25-15(23)12-9(4)13(16(24)26-7-8(2)3)27-14(12)17-11(22)6-10-18-20-21-19-10/h8H,5-7H2,1-4H3,(H,17,22)(H,18,19,20,21). The van der Waals surface area contributed by atoms with Crippen LogP contribution in [0.15, 0.2) is 0 Å². The zero-order chi connectivity index (χ0) is 20.0. The van der Waals surface area contributed by atoms with E-state index in [2.05, 4.69) is 25.9 Å². The lowest BCUT2D eigenvalue weighted by Crippen LogP contribution is -2.17. The molecule has 2 rings (SSSR count). The minimum atomic E-state index is -0.621. The lowest BCUT2D eigenvalue weighted by molar-refractivity contribution is -0.115. The van der Waals surface area contributed by atoms with Gasteiger partial charge in [0.25, 0.3) is 0 Å². The summed E-state index contributed by atoms with van der Waals surface area (Å²) in [6.07, 6.45) is -0.136. The maximum atomic E-state index is 12.3. The molecule has 0 atom stereocenters. The Kier molecular flexibility index (Phi) is 6.99. The molecule has 27 heavy (non-hydrogen) atoms. The van der Waals surface area contributed by atoms with Gasteiger partial charge in [-0.05, 0) is 25.3 Å². The van der Waals surface area contributed by atoms with Crippen LogP contribution >= 0.6 is 11.3 Å². The molecule has 11 heteroatoms. The van der Waals surface area contributed by atoms with E-state index in [9.17, 15) is 14.4 Å². The molecule has 0 bridgehead atoms. The van der Waals surface area contributed by atoms with Crippen molar-refractivity contribution < 1.29 is 23.9 Å². The van der Waals surface area contributed by atoms with Crippen molar-refractivity contribution in [2.75, 3.05) is 18.5 Å². The predicted octanol–water partition coefficient (Wildman–Crippen LogP) is 1.74. The van der Waals surface area contributed by atoms with E-state index >= 15 is 0 Å². The molecular formula is C16H21N5O5S. The largest absolute Gasteiger partial charge is 0.462 e. The summed E-state index contributed by atoms with van der Waals surface area (Å²) in [5.41, 5.74) is 0.543. The third-order valence-corrected chi connectivity index (χ3v) is 4.51. The number of anilines is 1. The maximum Gasteiger partial charge on any atom is 0.348 e. The first kappa shape index (κ1) is 20.5. The summed E-state index contributed by atoms with van der Waals surface area (Å²) in [7, 11) is 0. The summed E-state index contributed by atoms with van der Waals surface area (Å²) >= 11 is 0.969. The molecule has 0 fully saturated rings. The molecule has 1 amide bonds. The summed E-state index contributed by atoms with van der Waals surface area (Å²) in [5, 5.41) is 15.9. The van der Waals surface area contributed by atoms with Crippen molar-refractivity contribution in [3.05, 3.63) is 21.8 Å². The molecule has 10 nitrogen and oxygen atoms in total. The Balaban J connectivity index is 2.27. The molecule has 2 aromatic heterocycles. The van der Waals surface area contributed by atoms with Gasteiger partial charge in [0.15, 0.2) is 5.82 Å². The first-order valence-electron chi connectivity index (χ1n) is 8.33. The van der Waals surface area contributed by atoms with Gasteiger partial charge in [-0.2, -0.15) is 5.21 Å². The van der Waals surface area contributed by atoms with Gasteiger partial charge in [0.1, 0.15) is 9.88 Å². The molecule has 0 saturated heterocycles. The predicted molar refractivity (Wildman–Crippen MR) is 96.6 cm³/mol. The molecule has 0 saturated carbocycles. The van der Waals surface area contributed by atoms with Crippen LogP contribution in [0, 0.1) is 12.8 Å². The topological polar surface area (TPSA) is 136 Å². The normalized spacial score (nSPS) is 10.7. The molecule has 2 heterocycles. The van der Waals surface area contributed by atoms with Crippen LogP contribution in [0.5, 0.6) is 0 Å². The number of carbonyl (C=O) groups is 3. The number of ether oxygens (including phenoxy) is 2. The fourth-order valence-corrected chi connectivity index (χ4v) is 3.23. The molecule has 0 unspecified atom stereocenters. The van der Waals surface area contributed by atoms with Gasteiger partial charge in [0.05, 0.1) is 25.2 Å². The van der Waals surface area contributed by atoms with E-state index in [-0.39, 0.29) is 46.8 Å². The lowest BCUT2D eigenvalue weighted by Gasteiger charge is -2.07. The van der Waals surface area contributed by atoms with Gasteiger partial charge in [-0.25, -0.2) is 9.59 Å². The number of carbonyl (C=O) groups excluding carboxylic acids is 3. The number of aromatic amines is 1. The Bertz CT molecular complexity index is 816. The molecule has 2 aromatic rings. The highest BCUT2D eigenvalue weighted by Crippen LogP contribution is 2.34. The Morgan fingerprint density at radius 1 is 1.22 bits per heavy atom. The first-order chi connectivity index (χ1) is 12.8. The zero-order valence-corrected chi connectivity index (χ0v) is 16.3. The van der Waals surface area contributed by atoms with Crippen molar-refractivity contribution >= 4 is 34.2 Å². The second kappa shape index (κ2) is 9.21. The van der Waals surface area contributed by atoms with E-state index in [0.717, 1.165) is 11.3 Å². The van der Waals surface area contributed by atoms with E-state index in [1.165, 1.54) is 0 Å². The highest BCUT2D eigenvalue weighted by atomic mass is 32.1. The molecule has 0 spiro atoms. The highest BCUT2D eigenvalue weighted by Gasteiger charge is 2.27. The van der Waals surface area contributed by atoms with Crippen LogP contribution in [0.2, 0.25) is 0 Å².